The van der Waals surface area contributed by atoms with E-state index >= 15 is 0 Å². The van der Waals surface area contributed by atoms with Gasteiger partial charge in [-0.15, -0.1) is 0 Å². The molecule has 0 spiro atoms. The summed E-state index contributed by atoms with van der Waals surface area (Å²) in [6, 6.07) is 10.6. The molecule has 0 bridgehead atoms. The summed E-state index contributed by atoms with van der Waals surface area (Å²) in [7, 11) is 1.65. The van der Waals surface area contributed by atoms with Crippen molar-refractivity contribution in [1.29, 1.82) is 0 Å². The van der Waals surface area contributed by atoms with Crippen molar-refractivity contribution in [2.24, 2.45) is 5.73 Å². The van der Waals surface area contributed by atoms with E-state index in [4.69, 9.17) is 10.5 Å². The Morgan fingerprint density at radius 3 is 2.50 bits per heavy atom. The second-order valence-electron chi connectivity index (χ2n) is 5.11. The summed E-state index contributed by atoms with van der Waals surface area (Å²) in [6.07, 6.45) is 0.620. The summed E-state index contributed by atoms with van der Waals surface area (Å²) in [5.74, 6) is 0.631. The van der Waals surface area contributed by atoms with E-state index in [1.165, 1.54) is 6.07 Å². The first-order valence-corrected chi connectivity index (χ1v) is 6.66. The zero-order chi connectivity index (χ0) is 14.7. The third kappa shape index (κ3) is 3.17. The van der Waals surface area contributed by atoms with E-state index in [1.807, 2.05) is 32.0 Å². The predicted molar refractivity (Wildman–Crippen MR) is 79.5 cm³/mol. The van der Waals surface area contributed by atoms with Crippen molar-refractivity contribution in [3.05, 3.63) is 64.5 Å². The van der Waals surface area contributed by atoms with Crippen LogP contribution >= 0.6 is 0 Å². The van der Waals surface area contributed by atoms with Crippen LogP contribution in [-0.4, -0.2) is 7.11 Å². The second-order valence-corrected chi connectivity index (χ2v) is 5.11. The van der Waals surface area contributed by atoms with Crippen molar-refractivity contribution in [1.82, 2.24) is 0 Å². The Hall–Kier alpha value is -1.87. The van der Waals surface area contributed by atoms with Gasteiger partial charge in [-0.25, -0.2) is 4.39 Å². The molecule has 106 valence electrons. The molecule has 2 N–H and O–H groups in total. The molecule has 20 heavy (non-hydrogen) atoms. The molecule has 0 saturated heterocycles. The summed E-state index contributed by atoms with van der Waals surface area (Å²) in [5.41, 5.74) is 10.3. The zero-order valence-corrected chi connectivity index (χ0v) is 12.1. The fourth-order valence-electron chi connectivity index (χ4n) is 2.35. The lowest BCUT2D eigenvalue weighted by Crippen LogP contribution is -2.14. The first-order chi connectivity index (χ1) is 9.51. The first-order valence-electron chi connectivity index (χ1n) is 6.66. The Morgan fingerprint density at radius 2 is 1.85 bits per heavy atom. The van der Waals surface area contributed by atoms with Crippen molar-refractivity contribution in [2.75, 3.05) is 7.11 Å². The molecule has 2 aromatic rings. The van der Waals surface area contributed by atoms with Crippen LogP contribution in [0.15, 0.2) is 36.4 Å². The van der Waals surface area contributed by atoms with Gasteiger partial charge in [0.15, 0.2) is 0 Å². The third-order valence-electron chi connectivity index (χ3n) is 3.60. The van der Waals surface area contributed by atoms with Gasteiger partial charge in [0.2, 0.25) is 0 Å². The fourth-order valence-corrected chi connectivity index (χ4v) is 2.35. The number of ether oxygens (including phenoxy) is 1. The van der Waals surface area contributed by atoms with E-state index in [9.17, 15) is 4.39 Å². The number of hydrogen-bond acceptors (Lipinski definition) is 2. The average Bonchev–Trinajstić information content (AvgIpc) is 2.42. The topological polar surface area (TPSA) is 35.2 Å². The highest BCUT2D eigenvalue weighted by molar-refractivity contribution is 5.38. The molecule has 0 aliphatic heterocycles. The maximum Gasteiger partial charge on any atom is 0.123 e. The Kier molecular flexibility index (Phi) is 4.40. The molecule has 1 unspecified atom stereocenters. The molecule has 0 aromatic heterocycles. The summed E-state index contributed by atoms with van der Waals surface area (Å²) >= 11 is 0. The normalized spacial score (nSPS) is 12.2. The Labute approximate surface area is 119 Å². The Morgan fingerprint density at radius 1 is 1.10 bits per heavy atom. The van der Waals surface area contributed by atoms with E-state index in [1.54, 1.807) is 19.2 Å². The van der Waals surface area contributed by atoms with Crippen LogP contribution in [0, 0.1) is 19.7 Å². The van der Waals surface area contributed by atoms with Crippen LogP contribution in [0.5, 0.6) is 5.75 Å². The highest BCUT2D eigenvalue weighted by Crippen LogP contribution is 2.24. The van der Waals surface area contributed by atoms with Crippen molar-refractivity contribution >= 4 is 0 Å². The Balaban J connectivity index is 2.21. The van der Waals surface area contributed by atoms with Crippen LogP contribution in [0.2, 0.25) is 0 Å². The van der Waals surface area contributed by atoms with Crippen molar-refractivity contribution in [2.45, 2.75) is 26.3 Å². The average molecular weight is 273 g/mol. The molecular weight excluding hydrogens is 253 g/mol. The minimum atomic E-state index is -0.219. The lowest BCUT2D eigenvalue weighted by molar-refractivity contribution is 0.411. The van der Waals surface area contributed by atoms with Gasteiger partial charge in [-0.2, -0.15) is 0 Å². The lowest BCUT2D eigenvalue weighted by atomic mass is 9.95. The highest BCUT2D eigenvalue weighted by atomic mass is 19.1. The van der Waals surface area contributed by atoms with Gasteiger partial charge in [-0.1, -0.05) is 18.2 Å². The van der Waals surface area contributed by atoms with Crippen LogP contribution in [0.1, 0.15) is 28.3 Å². The van der Waals surface area contributed by atoms with E-state index < -0.39 is 0 Å². The lowest BCUT2D eigenvalue weighted by Gasteiger charge is -2.16. The van der Waals surface area contributed by atoms with E-state index in [0.717, 1.165) is 28.0 Å². The molecule has 0 amide bonds. The number of nitrogens with two attached hydrogens (primary N) is 1. The van der Waals surface area contributed by atoms with Crippen molar-refractivity contribution in [3.63, 3.8) is 0 Å². The molecule has 2 nitrogen and oxygen atoms in total. The largest absolute Gasteiger partial charge is 0.496 e. The number of hydrogen-bond donors (Lipinski definition) is 1. The van der Waals surface area contributed by atoms with Gasteiger partial charge in [0, 0.05) is 6.04 Å². The SMILES string of the molecule is COc1ccc(C(N)Cc2cc(F)ccc2C)cc1C. The number of halogens is 1. The standard InChI is InChI=1S/C17H20FNO/c1-11-4-6-15(18)9-14(11)10-16(19)13-5-7-17(20-3)12(2)8-13/h4-9,16H,10,19H2,1-3H3. The number of methoxy groups -OCH3 is 1. The van der Waals surface area contributed by atoms with Crippen molar-refractivity contribution in [3.8, 4) is 5.75 Å². The van der Waals surface area contributed by atoms with E-state index in [0.29, 0.717) is 6.42 Å². The molecule has 2 rings (SSSR count). The molecule has 0 saturated carbocycles. The summed E-state index contributed by atoms with van der Waals surface area (Å²) in [4.78, 5) is 0. The van der Waals surface area contributed by atoms with E-state index in [2.05, 4.69) is 0 Å². The smallest absolute Gasteiger partial charge is 0.123 e. The van der Waals surface area contributed by atoms with Gasteiger partial charge in [0.25, 0.3) is 0 Å². The van der Waals surface area contributed by atoms with Gasteiger partial charge in [-0.3, -0.25) is 0 Å². The summed E-state index contributed by atoms with van der Waals surface area (Å²) in [5, 5.41) is 0. The van der Waals surface area contributed by atoms with Gasteiger partial charge in [0.1, 0.15) is 11.6 Å². The van der Waals surface area contributed by atoms with Crippen LogP contribution < -0.4 is 10.5 Å². The van der Waals surface area contributed by atoms with Crippen molar-refractivity contribution < 1.29 is 9.13 Å². The summed E-state index contributed by atoms with van der Waals surface area (Å²) in [6.45, 7) is 3.96. The fraction of sp³-hybridized carbons (Fsp3) is 0.294. The minimum absolute atomic E-state index is 0.153. The predicted octanol–water partition coefficient (Wildman–Crippen LogP) is 3.69. The minimum Gasteiger partial charge on any atom is -0.496 e. The maximum atomic E-state index is 13.3. The van der Waals surface area contributed by atoms with Gasteiger partial charge < -0.3 is 10.5 Å². The molecule has 0 heterocycles. The molecular formula is C17H20FNO. The second kappa shape index (κ2) is 6.06. The van der Waals surface area contributed by atoms with Crippen LogP contribution in [0.25, 0.3) is 0 Å². The molecule has 3 heteroatoms. The maximum absolute atomic E-state index is 13.3. The van der Waals surface area contributed by atoms with Crippen LogP contribution in [-0.2, 0) is 6.42 Å². The van der Waals surface area contributed by atoms with Gasteiger partial charge in [-0.05, 0) is 60.7 Å². The molecule has 0 aliphatic carbocycles. The van der Waals surface area contributed by atoms with Crippen LogP contribution in [0.3, 0.4) is 0 Å². The van der Waals surface area contributed by atoms with E-state index in [-0.39, 0.29) is 11.9 Å². The molecule has 1 atom stereocenters. The monoisotopic (exact) mass is 273 g/mol. The highest BCUT2D eigenvalue weighted by Gasteiger charge is 2.11. The third-order valence-corrected chi connectivity index (χ3v) is 3.60. The molecule has 0 aliphatic rings. The number of rotatable bonds is 4. The summed E-state index contributed by atoms with van der Waals surface area (Å²) < 4.78 is 18.5. The number of aryl methyl sites for hydroxylation is 2. The van der Waals surface area contributed by atoms with Gasteiger partial charge >= 0.3 is 0 Å². The Bertz CT molecular complexity index is 610. The van der Waals surface area contributed by atoms with Gasteiger partial charge in [0.05, 0.1) is 7.11 Å². The zero-order valence-electron chi connectivity index (χ0n) is 12.1. The molecule has 0 radical (unpaired) electrons. The first kappa shape index (κ1) is 14.5. The molecule has 0 fully saturated rings. The quantitative estimate of drug-likeness (QED) is 0.922. The van der Waals surface area contributed by atoms with Crippen LogP contribution in [0.4, 0.5) is 4.39 Å². The number of benzene rings is 2. The molecule has 2 aromatic carbocycles.